The number of alkyl halides is 1. The standard InChI is InChI=1S/C32H36FN7O2/c1-19-3-2-4-20-11-24(41)12-25(27(19)20)28-34-13-26-29(36-28)37-31(38-30(26)40-15-22-5-6-23(16-40)35-22)42-18-32(8-9-32)17-39-10-7-21(33)14-39/h2-4,11-13,21-23,35,41H,5-10,14-18H2,1H3/t21-,22?,23?/m1/s1. The molecule has 3 aliphatic heterocycles. The van der Waals surface area contributed by atoms with Crippen LogP contribution in [0.15, 0.2) is 36.5 Å². The molecular formula is C32H36FN7O2. The average Bonchev–Trinajstić information content (AvgIpc) is 3.50. The SMILES string of the molecule is Cc1cccc2cc(O)cc(-c3ncc4c(N5CC6CCC(C5)N6)nc(OCC5(CN6CC[C@@H](F)C6)CC5)nc4n3)c12. The number of anilines is 1. The summed E-state index contributed by atoms with van der Waals surface area (Å²) >= 11 is 0. The van der Waals surface area contributed by atoms with E-state index in [1.54, 1.807) is 12.1 Å². The van der Waals surface area contributed by atoms with Gasteiger partial charge < -0.3 is 20.1 Å². The lowest BCUT2D eigenvalue weighted by Gasteiger charge is -2.34. The first-order chi connectivity index (χ1) is 20.4. The predicted octanol–water partition coefficient (Wildman–Crippen LogP) is 4.40. The van der Waals surface area contributed by atoms with Crippen molar-refractivity contribution in [3.63, 3.8) is 0 Å². The van der Waals surface area contributed by atoms with Crippen LogP contribution in [0.3, 0.4) is 0 Å². The Kier molecular flexibility index (Phi) is 6.19. The number of likely N-dealkylation sites (tertiary alicyclic amines) is 1. The van der Waals surface area contributed by atoms with E-state index in [1.165, 1.54) is 0 Å². The van der Waals surface area contributed by atoms with Crippen molar-refractivity contribution in [3.05, 3.63) is 42.1 Å². The second-order valence-electron chi connectivity index (χ2n) is 12.9. The maximum absolute atomic E-state index is 13.8. The van der Waals surface area contributed by atoms with Crippen LogP contribution in [-0.4, -0.2) is 87.5 Å². The second-order valence-corrected chi connectivity index (χ2v) is 12.9. The number of aryl methyl sites for hydroxylation is 1. The van der Waals surface area contributed by atoms with E-state index in [-0.39, 0.29) is 11.2 Å². The van der Waals surface area contributed by atoms with E-state index >= 15 is 0 Å². The van der Waals surface area contributed by atoms with Crippen molar-refractivity contribution >= 4 is 27.6 Å². The number of piperazine rings is 1. The summed E-state index contributed by atoms with van der Waals surface area (Å²) in [4.78, 5) is 24.0. The van der Waals surface area contributed by atoms with Gasteiger partial charge in [0.2, 0.25) is 0 Å². The fourth-order valence-electron chi connectivity index (χ4n) is 7.21. The molecule has 4 aliphatic rings. The summed E-state index contributed by atoms with van der Waals surface area (Å²) in [5.41, 5.74) is 2.41. The van der Waals surface area contributed by atoms with Crippen molar-refractivity contribution in [1.82, 2.24) is 30.2 Å². The molecule has 4 aromatic rings. The lowest BCUT2D eigenvalue weighted by molar-refractivity contribution is 0.165. The minimum atomic E-state index is -0.719. The van der Waals surface area contributed by atoms with Crippen molar-refractivity contribution in [1.29, 1.82) is 0 Å². The summed E-state index contributed by atoms with van der Waals surface area (Å²) in [7, 11) is 0. The van der Waals surface area contributed by atoms with Gasteiger partial charge in [-0.1, -0.05) is 18.2 Å². The fraction of sp³-hybridized carbons (Fsp3) is 0.500. The van der Waals surface area contributed by atoms with E-state index in [4.69, 9.17) is 24.7 Å². The van der Waals surface area contributed by atoms with Gasteiger partial charge in [-0.05, 0) is 67.5 Å². The number of phenols is 1. The molecule has 0 spiro atoms. The Labute approximate surface area is 244 Å². The maximum Gasteiger partial charge on any atom is 0.320 e. The largest absolute Gasteiger partial charge is 0.508 e. The summed E-state index contributed by atoms with van der Waals surface area (Å²) < 4.78 is 20.2. The molecule has 218 valence electrons. The normalized spacial score (nSPS) is 25.0. The smallest absolute Gasteiger partial charge is 0.320 e. The molecule has 4 fully saturated rings. The first-order valence-corrected chi connectivity index (χ1v) is 15.2. The van der Waals surface area contributed by atoms with Crippen LogP contribution in [0.5, 0.6) is 11.8 Å². The van der Waals surface area contributed by atoms with Crippen molar-refractivity contribution in [2.24, 2.45) is 5.41 Å². The van der Waals surface area contributed by atoms with Gasteiger partial charge in [0.1, 0.15) is 17.7 Å². The summed E-state index contributed by atoms with van der Waals surface area (Å²) in [6.45, 7) is 6.48. The number of ether oxygens (including phenoxy) is 1. The van der Waals surface area contributed by atoms with Gasteiger partial charge in [-0.2, -0.15) is 9.97 Å². The Morgan fingerprint density at radius 3 is 2.67 bits per heavy atom. The van der Waals surface area contributed by atoms with Crippen LogP contribution in [0.1, 0.15) is 37.7 Å². The number of phenolic OH excluding ortho intramolecular Hbond substituents is 1. The Bertz CT molecular complexity index is 1670. The Hall–Kier alpha value is -3.63. The molecule has 2 bridgehead atoms. The van der Waals surface area contributed by atoms with Gasteiger partial charge in [0, 0.05) is 62.0 Å². The molecule has 42 heavy (non-hydrogen) atoms. The minimum Gasteiger partial charge on any atom is -0.508 e. The number of rotatable bonds is 7. The summed E-state index contributed by atoms with van der Waals surface area (Å²) in [6.07, 6.45) is 6.18. The number of benzene rings is 2. The molecule has 8 rings (SSSR count). The van der Waals surface area contributed by atoms with E-state index in [2.05, 4.69) is 28.1 Å². The zero-order valence-corrected chi connectivity index (χ0v) is 23.9. The molecule has 0 amide bonds. The van der Waals surface area contributed by atoms with E-state index in [0.29, 0.717) is 49.1 Å². The fourth-order valence-corrected chi connectivity index (χ4v) is 7.21. The van der Waals surface area contributed by atoms with Gasteiger partial charge in [-0.3, -0.25) is 4.90 Å². The first kappa shape index (κ1) is 26.0. The number of halogens is 1. The lowest BCUT2D eigenvalue weighted by Crippen LogP contribution is -2.51. The third-order valence-corrected chi connectivity index (χ3v) is 9.58. The number of fused-ring (bicyclic) bond motifs is 4. The highest BCUT2D eigenvalue weighted by molar-refractivity contribution is 5.99. The summed E-state index contributed by atoms with van der Waals surface area (Å²) in [5.74, 6) is 1.48. The zero-order valence-electron chi connectivity index (χ0n) is 23.9. The van der Waals surface area contributed by atoms with Crippen LogP contribution >= 0.6 is 0 Å². The maximum atomic E-state index is 13.8. The van der Waals surface area contributed by atoms with Crippen molar-refractivity contribution in [2.45, 2.75) is 57.3 Å². The van der Waals surface area contributed by atoms with Crippen molar-refractivity contribution in [2.75, 3.05) is 44.2 Å². The van der Waals surface area contributed by atoms with E-state index in [9.17, 15) is 9.50 Å². The monoisotopic (exact) mass is 569 g/mol. The molecule has 2 unspecified atom stereocenters. The Morgan fingerprint density at radius 2 is 1.90 bits per heavy atom. The number of aromatic nitrogens is 4. The quantitative estimate of drug-likeness (QED) is 0.336. The predicted molar refractivity (Wildman–Crippen MR) is 160 cm³/mol. The molecule has 0 radical (unpaired) electrons. The summed E-state index contributed by atoms with van der Waals surface area (Å²) in [5, 5.41) is 17.0. The van der Waals surface area contributed by atoms with Gasteiger partial charge >= 0.3 is 6.01 Å². The van der Waals surface area contributed by atoms with Crippen molar-refractivity contribution < 1.29 is 14.2 Å². The number of hydrogen-bond acceptors (Lipinski definition) is 9. The highest BCUT2D eigenvalue weighted by atomic mass is 19.1. The second kappa shape index (κ2) is 9.98. The van der Waals surface area contributed by atoms with Gasteiger partial charge in [-0.15, -0.1) is 0 Å². The Balaban J connectivity index is 1.17. The molecule has 3 atom stereocenters. The number of nitrogens with zero attached hydrogens (tertiary/aromatic N) is 6. The zero-order chi connectivity index (χ0) is 28.4. The third kappa shape index (κ3) is 4.80. The lowest BCUT2D eigenvalue weighted by atomic mass is 9.99. The highest BCUT2D eigenvalue weighted by Gasteiger charge is 2.46. The average molecular weight is 570 g/mol. The molecule has 1 saturated carbocycles. The third-order valence-electron chi connectivity index (χ3n) is 9.58. The van der Waals surface area contributed by atoms with Crippen LogP contribution in [0, 0.1) is 12.3 Å². The highest BCUT2D eigenvalue weighted by Crippen LogP contribution is 2.47. The first-order valence-electron chi connectivity index (χ1n) is 15.2. The molecule has 2 aromatic heterocycles. The minimum absolute atomic E-state index is 0.0333. The van der Waals surface area contributed by atoms with Crippen molar-refractivity contribution in [3.8, 4) is 23.1 Å². The number of nitrogens with one attached hydrogen (secondary N) is 1. The van der Waals surface area contributed by atoms with Gasteiger partial charge in [0.15, 0.2) is 11.5 Å². The molecule has 3 saturated heterocycles. The van der Waals surface area contributed by atoms with Crippen LogP contribution in [0.4, 0.5) is 10.2 Å². The van der Waals surface area contributed by atoms with Crippen LogP contribution < -0.4 is 15.0 Å². The molecule has 2 N–H and O–H groups in total. The van der Waals surface area contributed by atoms with Gasteiger partial charge in [0.25, 0.3) is 0 Å². The Morgan fingerprint density at radius 1 is 1.07 bits per heavy atom. The van der Waals surface area contributed by atoms with Crippen LogP contribution in [0.25, 0.3) is 33.2 Å². The van der Waals surface area contributed by atoms with E-state index in [0.717, 1.165) is 85.0 Å². The number of hydrogen-bond donors (Lipinski definition) is 2. The van der Waals surface area contributed by atoms with E-state index < -0.39 is 6.17 Å². The topological polar surface area (TPSA) is 99.5 Å². The molecular weight excluding hydrogens is 533 g/mol. The van der Waals surface area contributed by atoms with Gasteiger partial charge in [0.05, 0.1) is 12.0 Å². The van der Waals surface area contributed by atoms with Crippen LogP contribution in [-0.2, 0) is 0 Å². The molecule has 10 heteroatoms. The van der Waals surface area contributed by atoms with Gasteiger partial charge in [-0.25, -0.2) is 14.4 Å². The number of aromatic hydroxyl groups is 1. The molecule has 1 aliphatic carbocycles. The molecule has 2 aromatic carbocycles. The molecule has 5 heterocycles. The van der Waals surface area contributed by atoms with Crippen LogP contribution in [0.2, 0.25) is 0 Å². The molecule has 9 nitrogen and oxygen atoms in total. The summed E-state index contributed by atoms with van der Waals surface area (Å²) in [6, 6.07) is 10.7. The van der Waals surface area contributed by atoms with E-state index in [1.807, 2.05) is 18.3 Å².